The smallest absolute Gasteiger partial charge is 0.136 e. The van der Waals surface area contributed by atoms with Crippen LogP contribution in [0.25, 0.3) is 0 Å². The summed E-state index contributed by atoms with van der Waals surface area (Å²) in [5.74, 6) is 1.63. The zero-order valence-corrected chi connectivity index (χ0v) is 7.34. The van der Waals surface area contributed by atoms with Crippen LogP contribution >= 0.6 is 0 Å². The van der Waals surface area contributed by atoms with Crippen LogP contribution < -0.4 is 0 Å². The molecule has 1 nitrogen and oxygen atoms in total. The quantitative estimate of drug-likeness (QED) is 0.528. The summed E-state index contributed by atoms with van der Waals surface area (Å²) in [5.41, 5.74) is 0. The van der Waals surface area contributed by atoms with Crippen molar-refractivity contribution in [1.29, 1.82) is 0 Å². The van der Waals surface area contributed by atoms with Gasteiger partial charge in [-0.25, -0.2) is 0 Å². The molecule has 0 heterocycles. The van der Waals surface area contributed by atoms with Crippen molar-refractivity contribution >= 4 is 5.78 Å². The Balaban J connectivity index is 2.54. The first-order chi connectivity index (χ1) is 5.20. The molecular formula is C10H16O. The van der Waals surface area contributed by atoms with Crippen molar-refractivity contribution in [3.8, 4) is 0 Å². The highest BCUT2D eigenvalue weighted by Gasteiger charge is 2.17. The maximum absolute atomic E-state index is 11.1. The van der Waals surface area contributed by atoms with E-state index < -0.39 is 0 Å². The van der Waals surface area contributed by atoms with Gasteiger partial charge < -0.3 is 0 Å². The molecule has 1 atom stereocenters. The SMILES string of the molecule is CC(C)C1CC=CCC(=O)C1. The number of hydrogen-bond donors (Lipinski definition) is 0. The van der Waals surface area contributed by atoms with E-state index in [0.29, 0.717) is 24.0 Å². The largest absolute Gasteiger partial charge is 0.299 e. The Morgan fingerprint density at radius 3 is 2.82 bits per heavy atom. The summed E-state index contributed by atoms with van der Waals surface area (Å²) in [4.78, 5) is 11.1. The van der Waals surface area contributed by atoms with Gasteiger partial charge in [0.1, 0.15) is 5.78 Å². The van der Waals surface area contributed by atoms with Gasteiger partial charge in [0.05, 0.1) is 0 Å². The van der Waals surface area contributed by atoms with E-state index in [0.717, 1.165) is 12.8 Å². The van der Waals surface area contributed by atoms with Crippen molar-refractivity contribution in [3.63, 3.8) is 0 Å². The van der Waals surface area contributed by atoms with Gasteiger partial charge in [-0.3, -0.25) is 4.79 Å². The molecule has 0 aromatic carbocycles. The van der Waals surface area contributed by atoms with Crippen molar-refractivity contribution in [1.82, 2.24) is 0 Å². The lowest BCUT2D eigenvalue weighted by atomic mass is 9.89. The summed E-state index contributed by atoms with van der Waals surface area (Å²) < 4.78 is 0. The fourth-order valence-corrected chi connectivity index (χ4v) is 1.45. The molecule has 0 bridgehead atoms. The number of rotatable bonds is 1. The van der Waals surface area contributed by atoms with Crippen LogP contribution in [-0.2, 0) is 4.79 Å². The first kappa shape index (κ1) is 8.51. The average Bonchev–Trinajstić information content (AvgIpc) is 2.13. The van der Waals surface area contributed by atoms with Crippen molar-refractivity contribution in [2.45, 2.75) is 33.1 Å². The number of hydrogen-bond acceptors (Lipinski definition) is 1. The van der Waals surface area contributed by atoms with Crippen LogP contribution in [0.3, 0.4) is 0 Å². The van der Waals surface area contributed by atoms with E-state index in [2.05, 4.69) is 19.9 Å². The second-order valence-electron chi connectivity index (χ2n) is 3.66. The highest BCUT2D eigenvalue weighted by atomic mass is 16.1. The van der Waals surface area contributed by atoms with Gasteiger partial charge in [0.15, 0.2) is 0 Å². The highest BCUT2D eigenvalue weighted by Crippen LogP contribution is 2.23. The fraction of sp³-hybridized carbons (Fsp3) is 0.700. The van der Waals surface area contributed by atoms with E-state index >= 15 is 0 Å². The maximum atomic E-state index is 11.1. The van der Waals surface area contributed by atoms with Crippen LogP contribution in [0.15, 0.2) is 12.2 Å². The molecule has 1 aliphatic rings. The van der Waals surface area contributed by atoms with E-state index in [4.69, 9.17) is 0 Å². The third kappa shape index (κ3) is 2.49. The Bertz CT molecular complexity index is 168. The molecule has 0 amide bonds. The summed E-state index contributed by atoms with van der Waals surface area (Å²) in [6.45, 7) is 4.38. The lowest BCUT2D eigenvalue weighted by Crippen LogP contribution is -2.11. The van der Waals surface area contributed by atoms with Crippen LogP contribution in [0.2, 0.25) is 0 Å². The number of carbonyl (C=O) groups excluding carboxylic acids is 1. The molecule has 1 unspecified atom stereocenters. The van der Waals surface area contributed by atoms with Crippen LogP contribution in [0.4, 0.5) is 0 Å². The lowest BCUT2D eigenvalue weighted by Gasteiger charge is -2.16. The van der Waals surface area contributed by atoms with Crippen LogP contribution in [0.1, 0.15) is 33.1 Å². The van der Waals surface area contributed by atoms with Gasteiger partial charge in [-0.05, 0) is 18.3 Å². The molecule has 11 heavy (non-hydrogen) atoms. The second-order valence-corrected chi connectivity index (χ2v) is 3.66. The van der Waals surface area contributed by atoms with E-state index in [1.54, 1.807) is 0 Å². The monoisotopic (exact) mass is 152 g/mol. The Morgan fingerprint density at radius 1 is 1.45 bits per heavy atom. The van der Waals surface area contributed by atoms with E-state index in [9.17, 15) is 4.79 Å². The van der Waals surface area contributed by atoms with Crippen molar-refractivity contribution < 1.29 is 4.79 Å². The van der Waals surface area contributed by atoms with Gasteiger partial charge >= 0.3 is 0 Å². The molecule has 0 N–H and O–H groups in total. The molecular weight excluding hydrogens is 136 g/mol. The molecule has 1 aliphatic carbocycles. The molecule has 0 radical (unpaired) electrons. The molecule has 1 heteroatoms. The summed E-state index contributed by atoms with van der Waals surface area (Å²) in [6, 6.07) is 0. The van der Waals surface area contributed by atoms with E-state index in [1.165, 1.54) is 0 Å². The van der Waals surface area contributed by atoms with Gasteiger partial charge in [-0.2, -0.15) is 0 Å². The van der Waals surface area contributed by atoms with Crippen molar-refractivity contribution in [2.75, 3.05) is 0 Å². The standard InChI is InChI=1S/C10H16O/c1-8(2)9-5-3-4-6-10(11)7-9/h3-4,8-9H,5-7H2,1-2H3. The minimum Gasteiger partial charge on any atom is -0.299 e. The molecule has 0 aliphatic heterocycles. The van der Waals surface area contributed by atoms with Gasteiger partial charge in [0.25, 0.3) is 0 Å². The molecule has 0 fully saturated rings. The lowest BCUT2D eigenvalue weighted by molar-refractivity contribution is -0.119. The number of carbonyl (C=O) groups is 1. The van der Waals surface area contributed by atoms with E-state index in [1.807, 2.05) is 6.08 Å². The minimum atomic E-state index is 0.400. The first-order valence-corrected chi connectivity index (χ1v) is 4.37. The summed E-state index contributed by atoms with van der Waals surface area (Å²) >= 11 is 0. The normalized spacial score (nSPS) is 25.7. The maximum Gasteiger partial charge on any atom is 0.136 e. The van der Waals surface area contributed by atoms with Crippen LogP contribution in [0.5, 0.6) is 0 Å². The fourth-order valence-electron chi connectivity index (χ4n) is 1.45. The predicted octanol–water partition coefficient (Wildman–Crippen LogP) is 2.57. The zero-order chi connectivity index (χ0) is 8.27. The third-order valence-electron chi connectivity index (χ3n) is 2.38. The first-order valence-electron chi connectivity index (χ1n) is 4.37. The van der Waals surface area contributed by atoms with Gasteiger partial charge in [0.2, 0.25) is 0 Å². The Kier molecular flexibility index (Phi) is 2.86. The second kappa shape index (κ2) is 3.70. The van der Waals surface area contributed by atoms with Gasteiger partial charge in [0, 0.05) is 12.8 Å². The molecule has 0 aromatic rings. The molecule has 0 aromatic heterocycles. The summed E-state index contributed by atoms with van der Waals surface area (Å²) in [5, 5.41) is 0. The Labute approximate surface area is 68.5 Å². The van der Waals surface area contributed by atoms with Crippen LogP contribution in [-0.4, -0.2) is 5.78 Å². The number of ketones is 1. The van der Waals surface area contributed by atoms with Crippen molar-refractivity contribution in [3.05, 3.63) is 12.2 Å². The molecule has 62 valence electrons. The predicted molar refractivity (Wildman–Crippen MR) is 46.3 cm³/mol. The summed E-state index contributed by atoms with van der Waals surface area (Å²) in [6.07, 6.45) is 6.68. The number of allylic oxidation sites excluding steroid dienone is 2. The molecule has 1 rings (SSSR count). The average molecular weight is 152 g/mol. The molecule has 0 saturated heterocycles. The van der Waals surface area contributed by atoms with E-state index in [-0.39, 0.29) is 0 Å². The Morgan fingerprint density at radius 2 is 2.18 bits per heavy atom. The van der Waals surface area contributed by atoms with Crippen molar-refractivity contribution in [2.24, 2.45) is 11.8 Å². The van der Waals surface area contributed by atoms with Gasteiger partial charge in [-0.15, -0.1) is 0 Å². The zero-order valence-electron chi connectivity index (χ0n) is 7.34. The molecule has 0 spiro atoms. The highest BCUT2D eigenvalue weighted by molar-refractivity contribution is 5.80. The Hall–Kier alpha value is -0.590. The van der Waals surface area contributed by atoms with Crippen LogP contribution in [0, 0.1) is 11.8 Å². The molecule has 0 saturated carbocycles. The van der Waals surface area contributed by atoms with Gasteiger partial charge in [-0.1, -0.05) is 26.0 Å². The summed E-state index contributed by atoms with van der Waals surface area (Å²) in [7, 11) is 0. The third-order valence-corrected chi connectivity index (χ3v) is 2.38. The minimum absolute atomic E-state index is 0.400. The number of Topliss-reactive ketones (excluding diaryl/α,β-unsaturated/α-hetero) is 1. The topological polar surface area (TPSA) is 17.1 Å².